The van der Waals surface area contributed by atoms with E-state index in [-0.39, 0.29) is 24.7 Å². The topological polar surface area (TPSA) is 142 Å². The van der Waals surface area contributed by atoms with E-state index in [2.05, 4.69) is 18.3 Å². The van der Waals surface area contributed by atoms with Crippen molar-refractivity contribution >= 4 is 29.5 Å². The van der Waals surface area contributed by atoms with Crippen LogP contribution >= 0.6 is 11.6 Å². The number of ether oxygens (including phenoxy) is 2. The second kappa shape index (κ2) is 14.4. The molecule has 3 rings (SSSR count). The molecule has 0 saturated heterocycles. The lowest BCUT2D eigenvalue weighted by atomic mass is 9.87. The van der Waals surface area contributed by atoms with Gasteiger partial charge >= 0.3 is 17.9 Å². The van der Waals surface area contributed by atoms with Gasteiger partial charge in [0, 0.05) is 17.1 Å². The minimum absolute atomic E-state index is 0.0572. The normalized spacial score (nSPS) is 15.9. The van der Waals surface area contributed by atoms with E-state index in [1.807, 2.05) is 36.4 Å². The van der Waals surface area contributed by atoms with Gasteiger partial charge in [0.05, 0.1) is 12.7 Å². The number of aryl methyl sites for hydroxylation is 1. The molecule has 9 nitrogen and oxygen atoms in total. The number of carboxylic acids is 2. The van der Waals surface area contributed by atoms with Crippen LogP contribution in [0.5, 0.6) is 5.75 Å². The summed E-state index contributed by atoms with van der Waals surface area (Å²) in [4.78, 5) is 29.7. The highest BCUT2D eigenvalue weighted by Crippen LogP contribution is 2.28. The van der Waals surface area contributed by atoms with Gasteiger partial charge in [-0.2, -0.15) is 0 Å². The summed E-state index contributed by atoms with van der Waals surface area (Å²) in [5.41, 5.74) is 3.35. The Morgan fingerprint density at radius 3 is 2.42 bits per heavy atom. The summed E-state index contributed by atoms with van der Waals surface area (Å²) in [6.45, 7) is 4.11. The number of aliphatic hydroxyl groups is 1. The number of esters is 1. The van der Waals surface area contributed by atoms with E-state index in [1.165, 1.54) is 11.1 Å². The van der Waals surface area contributed by atoms with Gasteiger partial charge in [0.15, 0.2) is 6.61 Å². The van der Waals surface area contributed by atoms with Gasteiger partial charge in [-0.3, -0.25) is 0 Å². The van der Waals surface area contributed by atoms with Crippen molar-refractivity contribution in [2.24, 2.45) is 0 Å². The highest BCUT2D eigenvalue weighted by atomic mass is 35.5. The molecule has 10 heteroatoms. The molecular formula is C26H32ClNO8. The van der Waals surface area contributed by atoms with Crippen molar-refractivity contribution in [3.63, 3.8) is 0 Å². The van der Waals surface area contributed by atoms with Gasteiger partial charge in [-0.05, 0) is 73.6 Å². The summed E-state index contributed by atoms with van der Waals surface area (Å²) in [5, 5.41) is 29.9. The van der Waals surface area contributed by atoms with Crippen LogP contribution in [0, 0.1) is 0 Å². The van der Waals surface area contributed by atoms with Crippen LogP contribution in [-0.2, 0) is 32.0 Å². The zero-order valence-corrected chi connectivity index (χ0v) is 21.0. The van der Waals surface area contributed by atoms with Gasteiger partial charge in [0.1, 0.15) is 5.75 Å². The van der Waals surface area contributed by atoms with Gasteiger partial charge in [0.2, 0.25) is 0 Å². The third-order valence-electron chi connectivity index (χ3n) is 5.71. The van der Waals surface area contributed by atoms with E-state index in [9.17, 15) is 9.90 Å². The first-order valence-corrected chi connectivity index (χ1v) is 12.1. The average molecular weight is 522 g/mol. The molecule has 0 aromatic heterocycles. The van der Waals surface area contributed by atoms with E-state index in [0.29, 0.717) is 17.4 Å². The lowest BCUT2D eigenvalue weighted by molar-refractivity contribution is -0.159. The minimum atomic E-state index is -1.82. The summed E-state index contributed by atoms with van der Waals surface area (Å²) in [6.07, 6.45) is 3.02. The van der Waals surface area contributed by atoms with E-state index in [4.69, 9.17) is 40.9 Å². The molecule has 0 fully saturated rings. The fourth-order valence-corrected chi connectivity index (χ4v) is 4.17. The van der Waals surface area contributed by atoms with Crippen molar-refractivity contribution in [3.8, 4) is 5.75 Å². The van der Waals surface area contributed by atoms with Crippen LogP contribution in [0.1, 0.15) is 49.5 Å². The number of carbonyl (C=O) groups is 3. The summed E-state index contributed by atoms with van der Waals surface area (Å²) < 4.78 is 10.5. The number of fused-ring (bicyclic) bond motifs is 1. The highest BCUT2D eigenvalue weighted by Gasteiger charge is 2.26. The zero-order valence-electron chi connectivity index (χ0n) is 20.3. The number of aliphatic hydroxyl groups excluding tert-OH is 1. The zero-order chi connectivity index (χ0) is 26.7. The maximum atomic E-state index is 11.5. The number of aliphatic carboxylic acids is 2. The maximum Gasteiger partial charge on any atom is 0.414 e. The molecule has 4 N–H and O–H groups in total. The summed E-state index contributed by atoms with van der Waals surface area (Å²) in [5.74, 6) is -3.34. The Bertz CT molecular complexity index is 1030. The molecule has 0 spiro atoms. The molecule has 0 aliphatic heterocycles. The van der Waals surface area contributed by atoms with E-state index in [1.54, 1.807) is 6.92 Å². The number of hydrogen-bond acceptors (Lipinski definition) is 7. The quantitative estimate of drug-likeness (QED) is 0.288. The number of carbonyl (C=O) groups excluding carboxylic acids is 1. The van der Waals surface area contributed by atoms with Crippen LogP contribution in [0.2, 0.25) is 5.02 Å². The van der Waals surface area contributed by atoms with Crippen molar-refractivity contribution in [2.75, 3.05) is 13.2 Å². The molecule has 0 heterocycles. The average Bonchev–Trinajstić information content (AvgIpc) is 2.85. The molecule has 0 saturated carbocycles. The Hall–Kier alpha value is -3.14. The molecule has 0 amide bonds. The van der Waals surface area contributed by atoms with Crippen molar-refractivity contribution < 1.29 is 39.2 Å². The standard InChI is InChI=1S/C24H30ClNO4.C2H2O4/c1-3-22(24(28)17-6-5-7-19(25)12-17)26-20-10-8-16-9-11-21(14-18(16)13-20)30-15-23(27)29-4-2;3-1(4)2(5)6/h5-7,9,11-12,14,20,22,24,26,28H,3-4,8,10,13,15H2,1-2H3;(H,3,4)(H,5,6)/t20-,22?,24-;/m0./s1. The van der Waals surface area contributed by atoms with Gasteiger partial charge in [-0.15, -0.1) is 0 Å². The number of benzene rings is 2. The number of halogens is 1. The number of nitrogens with one attached hydrogen (secondary N) is 1. The molecular weight excluding hydrogens is 490 g/mol. The smallest absolute Gasteiger partial charge is 0.414 e. The van der Waals surface area contributed by atoms with Crippen molar-refractivity contribution in [2.45, 2.75) is 57.7 Å². The molecule has 2 aromatic carbocycles. The van der Waals surface area contributed by atoms with Gasteiger partial charge in [-0.1, -0.05) is 36.7 Å². The molecule has 0 bridgehead atoms. The first-order valence-electron chi connectivity index (χ1n) is 11.7. The molecule has 1 unspecified atom stereocenters. The van der Waals surface area contributed by atoms with Crippen LogP contribution in [0.15, 0.2) is 42.5 Å². The first-order chi connectivity index (χ1) is 17.1. The summed E-state index contributed by atoms with van der Waals surface area (Å²) >= 11 is 6.09. The largest absolute Gasteiger partial charge is 0.482 e. The predicted octanol–water partition coefficient (Wildman–Crippen LogP) is 3.40. The molecule has 36 heavy (non-hydrogen) atoms. The van der Waals surface area contributed by atoms with Crippen LogP contribution in [0.25, 0.3) is 0 Å². The van der Waals surface area contributed by atoms with E-state index in [0.717, 1.165) is 31.2 Å². The second-order valence-electron chi connectivity index (χ2n) is 8.26. The monoisotopic (exact) mass is 521 g/mol. The number of hydrogen-bond donors (Lipinski definition) is 4. The Morgan fingerprint density at radius 2 is 1.81 bits per heavy atom. The van der Waals surface area contributed by atoms with E-state index < -0.39 is 18.0 Å². The molecule has 2 aromatic rings. The maximum absolute atomic E-state index is 11.5. The van der Waals surface area contributed by atoms with Crippen molar-refractivity contribution in [3.05, 3.63) is 64.2 Å². The van der Waals surface area contributed by atoms with E-state index >= 15 is 0 Å². The van der Waals surface area contributed by atoms with Crippen molar-refractivity contribution in [1.82, 2.24) is 5.32 Å². The lowest BCUT2D eigenvalue weighted by Gasteiger charge is -2.32. The third-order valence-corrected chi connectivity index (χ3v) is 5.95. The highest BCUT2D eigenvalue weighted by molar-refractivity contribution is 6.30. The molecule has 3 atom stereocenters. The molecule has 0 radical (unpaired) electrons. The first kappa shape index (κ1) is 29.1. The van der Waals surface area contributed by atoms with Crippen LogP contribution in [0.3, 0.4) is 0 Å². The molecule has 1 aliphatic rings. The third kappa shape index (κ3) is 9.14. The fraction of sp³-hybridized carbons (Fsp3) is 0.423. The van der Waals surface area contributed by atoms with Gasteiger partial charge < -0.3 is 30.1 Å². The minimum Gasteiger partial charge on any atom is -0.482 e. The Morgan fingerprint density at radius 1 is 1.08 bits per heavy atom. The van der Waals surface area contributed by atoms with Crippen LogP contribution in [0.4, 0.5) is 0 Å². The summed E-state index contributed by atoms with van der Waals surface area (Å²) in [7, 11) is 0. The Kier molecular flexibility index (Phi) is 11.7. The Labute approximate surface area is 215 Å². The van der Waals surface area contributed by atoms with Crippen LogP contribution in [-0.4, -0.2) is 58.5 Å². The molecule has 1 aliphatic carbocycles. The fourth-order valence-electron chi connectivity index (χ4n) is 3.97. The second-order valence-corrected chi connectivity index (χ2v) is 8.69. The Balaban J connectivity index is 0.000000678. The van der Waals surface area contributed by atoms with Crippen LogP contribution < -0.4 is 10.1 Å². The SMILES string of the molecule is CCOC(=O)COc1ccc2c(c1)C[C@@H](NC(CC)[C@@H](O)c1cccc(Cl)c1)CC2.O=C(O)C(=O)O. The predicted molar refractivity (Wildman–Crippen MR) is 133 cm³/mol. The van der Waals surface area contributed by atoms with Crippen molar-refractivity contribution in [1.29, 1.82) is 0 Å². The van der Waals surface area contributed by atoms with Gasteiger partial charge in [0.25, 0.3) is 0 Å². The lowest BCUT2D eigenvalue weighted by Crippen LogP contribution is -2.44. The number of carboxylic acid groups (broad SMARTS) is 2. The molecule has 196 valence electrons. The number of rotatable bonds is 9. The summed E-state index contributed by atoms with van der Waals surface area (Å²) in [6, 6.07) is 13.6. The van der Waals surface area contributed by atoms with Gasteiger partial charge in [-0.25, -0.2) is 14.4 Å².